The van der Waals surface area contributed by atoms with E-state index in [1.54, 1.807) is 6.07 Å². The molecule has 1 aliphatic carbocycles. The lowest BCUT2D eigenvalue weighted by molar-refractivity contribution is -0.135. The third-order valence-corrected chi connectivity index (χ3v) is 4.38. The Bertz CT molecular complexity index is 517. The number of halogens is 1. The van der Waals surface area contributed by atoms with Crippen LogP contribution in [-0.4, -0.2) is 36.0 Å². The molecule has 1 amide bonds. The van der Waals surface area contributed by atoms with Gasteiger partial charge in [0.1, 0.15) is 5.82 Å². The van der Waals surface area contributed by atoms with Crippen molar-refractivity contribution in [3.63, 3.8) is 0 Å². The van der Waals surface area contributed by atoms with Gasteiger partial charge < -0.3 is 10.2 Å². The third-order valence-electron chi connectivity index (χ3n) is 4.38. The first-order chi connectivity index (χ1) is 9.51. The second-order valence-corrected chi connectivity index (χ2v) is 6.27. The van der Waals surface area contributed by atoms with Gasteiger partial charge in [0.05, 0.1) is 5.41 Å². The first-order valence-electron chi connectivity index (χ1n) is 7.33. The van der Waals surface area contributed by atoms with Gasteiger partial charge >= 0.3 is 0 Å². The Hall–Kier alpha value is -1.42. The van der Waals surface area contributed by atoms with Gasteiger partial charge in [-0.3, -0.25) is 4.79 Å². The molecular weight excluding hydrogens is 255 g/mol. The molecule has 1 aliphatic heterocycles. The predicted molar refractivity (Wildman–Crippen MR) is 76.0 cm³/mol. The molecule has 0 radical (unpaired) electrons. The molecule has 2 fully saturated rings. The summed E-state index contributed by atoms with van der Waals surface area (Å²) in [6.07, 6.45) is 1.67. The molecule has 1 heterocycles. The number of nitrogens with one attached hydrogen (secondary N) is 1. The number of nitrogens with zero attached hydrogens (tertiary/aromatic N) is 1. The van der Waals surface area contributed by atoms with Gasteiger partial charge in [0.25, 0.3) is 0 Å². The van der Waals surface area contributed by atoms with Crippen molar-refractivity contribution in [2.45, 2.75) is 44.2 Å². The molecule has 2 atom stereocenters. The fourth-order valence-electron chi connectivity index (χ4n) is 3.33. The van der Waals surface area contributed by atoms with Crippen LogP contribution >= 0.6 is 0 Å². The van der Waals surface area contributed by atoms with E-state index < -0.39 is 5.41 Å². The highest BCUT2D eigenvalue weighted by molar-refractivity contribution is 5.91. The van der Waals surface area contributed by atoms with E-state index in [1.807, 2.05) is 11.0 Å². The quantitative estimate of drug-likeness (QED) is 0.897. The van der Waals surface area contributed by atoms with E-state index in [0.29, 0.717) is 12.1 Å². The van der Waals surface area contributed by atoms with Crippen LogP contribution in [0.4, 0.5) is 4.39 Å². The Labute approximate surface area is 119 Å². The number of rotatable bonds is 2. The lowest BCUT2D eigenvalue weighted by atomic mass is 9.93. The van der Waals surface area contributed by atoms with Crippen molar-refractivity contribution < 1.29 is 9.18 Å². The molecule has 1 aromatic carbocycles. The van der Waals surface area contributed by atoms with Crippen LogP contribution in [0.15, 0.2) is 24.3 Å². The van der Waals surface area contributed by atoms with Crippen molar-refractivity contribution in [3.8, 4) is 0 Å². The largest absolute Gasteiger partial charge is 0.339 e. The van der Waals surface area contributed by atoms with Crippen molar-refractivity contribution in [1.82, 2.24) is 10.2 Å². The third kappa shape index (κ3) is 2.33. The summed E-state index contributed by atoms with van der Waals surface area (Å²) in [5, 5.41) is 3.43. The van der Waals surface area contributed by atoms with Crippen LogP contribution in [0.25, 0.3) is 0 Å². The summed E-state index contributed by atoms with van der Waals surface area (Å²) < 4.78 is 13.4. The summed E-state index contributed by atoms with van der Waals surface area (Å²) in [5.74, 6) is -0.0908. The van der Waals surface area contributed by atoms with E-state index in [9.17, 15) is 9.18 Å². The van der Waals surface area contributed by atoms with E-state index in [0.717, 1.165) is 31.5 Å². The van der Waals surface area contributed by atoms with Crippen LogP contribution in [0, 0.1) is 5.82 Å². The van der Waals surface area contributed by atoms with Gasteiger partial charge in [0.2, 0.25) is 5.91 Å². The van der Waals surface area contributed by atoms with Crippen LogP contribution in [0.2, 0.25) is 0 Å². The van der Waals surface area contributed by atoms with Gasteiger partial charge in [-0.2, -0.15) is 0 Å². The van der Waals surface area contributed by atoms with E-state index >= 15 is 0 Å². The van der Waals surface area contributed by atoms with Crippen LogP contribution in [0.1, 0.15) is 32.3 Å². The molecule has 0 spiro atoms. The predicted octanol–water partition coefficient (Wildman–Crippen LogP) is 2.07. The molecule has 0 aromatic heterocycles. The molecule has 2 aliphatic rings. The second-order valence-electron chi connectivity index (χ2n) is 6.27. The zero-order valence-electron chi connectivity index (χ0n) is 12.0. The van der Waals surface area contributed by atoms with E-state index in [4.69, 9.17) is 0 Å². The highest BCUT2D eigenvalue weighted by Crippen LogP contribution is 2.49. The normalized spacial score (nSPS) is 28.2. The molecule has 2 unspecified atom stereocenters. The number of carbonyl (C=O) groups excluding carboxylic acids is 1. The highest BCUT2D eigenvalue weighted by Gasteiger charge is 2.53. The zero-order chi connectivity index (χ0) is 14.3. The number of hydrogen-bond donors (Lipinski definition) is 1. The fraction of sp³-hybridized carbons (Fsp3) is 0.562. The minimum absolute atomic E-state index is 0.170. The highest BCUT2D eigenvalue weighted by atomic mass is 19.1. The van der Waals surface area contributed by atoms with Crippen LogP contribution < -0.4 is 5.32 Å². The zero-order valence-corrected chi connectivity index (χ0v) is 12.0. The molecule has 1 N–H and O–H groups in total. The Morgan fingerprint density at radius 2 is 1.95 bits per heavy atom. The van der Waals surface area contributed by atoms with Crippen molar-refractivity contribution in [1.29, 1.82) is 0 Å². The fourth-order valence-corrected chi connectivity index (χ4v) is 3.33. The SMILES string of the molecule is CC1CN(C(=O)C2(c3cccc(F)c3)CC2)CC(C)N1. The summed E-state index contributed by atoms with van der Waals surface area (Å²) in [5.41, 5.74) is 0.375. The lowest BCUT2D eigenvalue weighted by Gasteiger charge is -2.38. The van der Waals surface area contributed by atoms with Crippen LogP contribution in [0.5, 0.6) is 0 Å². The molecule has 3 nitrogen and oxygen atoms in total. The second kappa shape index (κ2) is 4.85. The van der Waals surface area contributed by atoms with Crippen LogP contribution in [-0.2, 0) is 10.2 Å². The van der Waals surface area contributed by atoms with E-state index in [1.165, 1.54) is 12.1 Å². The first kappa shape index (κ1) is 13.6. The molecule has 1 saturated carbocycles. The molecule has 3 rings (SSSR count). The number of benzene rings is 1. The molecule has 1 saturated heterocycles. The Morgan fingerprint density at radius 1 is 1.30 bits per heavy atom. The average molecular weight is 276 g/mol. The molecule has 20 heavy (non-hydrogen) atoms. The molecule has 108 valence electrons. The number of carbonyl (C=O) groups is 1. The summed E-state index contributed by atoms with van der Waals surface area (Å²) in [6.45, 7) is 5.66. The smallest absolute Gasteiger partial charge is 0.233 e. The minimum atomic E-state index is -0.459. The molecular formula is C16H21FN2O. The molecule has 4 heteroatoms. The topological polar surface area (TPSA) is 32.3 Å². The summed E-state index contributed by atoms with van der Waals surface area (Å²) in [4.78, 5) is 14.8. The van der Waals surface area contributed by atoms with Gasteiger partial charge in [-0.25, -0.2) is 4.39 Å². The van der Waals surface area contributed by atoms with Crippen LogP contribution in [0.3, 0.4) is 0 Å². The number of hydrogen-bond acceptors (Lipinski definition) is 2. The maximum Gasteiger partial charge on any atom is 0.233 e. The maximum absolute atomic E-state index is 13.4. The lowest BCUT2D eigenvalue weighted by Crippen LogP contribution is -2.57. The van der Waals surface area contributed by atoms with Crippen molar-refractivity contribution in [2.75, 3.05) is 13.1 Å². The van der Waals surface area contributed by atoms with Gasteiger partial charge in [-0.05, 0) is 44.4 Å². The molecule has 0 bridgehead atoms. The van der Waals surface area contributed by atoms with Gasteiger partial charge in [-0.15, -0.1) is 0 Å². The van der Waals surface area contributed by atoms with Crippen molar-refractivity contribution in [2.24, 2.45) is 0 Å². The van der Waals surface area contributed by atoms with Gasteiger partial charge in [0, 0.05) is 25.2 Å². The maximum atomic E-state index is 13.4. The monoisotopic (exact) mass is 276 g/mol. The summed E-state index contributed by atoms with van der Waals surface area (Å²) in [7, 11) is 0. The Kier molecular flexibility index (Phi) is 3.28. The Morgan fingerprint density at radius 3 is 2.50 bits per heavy atom. The standard InChI is InChI=1S/C16H21FN2O/c1-11-9-19(10-12(2)18-11)15(20)16(6-7-16)13-4-3-5-14(17)8-13/h3-5,8,11-12,18H,6-7,9-10H2,1-2H3. The summed E-state index contributed by atoms with van der Waals surface area (Å²) >= 11 is 0. The minimum Gasteiger partial charge on any atom is -0.339 e. The number of amides is 1. The molecule has 1 aromatic rings. The van der Waals surface area contributed by atoms with Crippen molar-refractivity contribution in [3.05, 3.63) is 35.6 Å². The van der Waals surface area contributed by atoms with E-state index in [-0.39, 0.29) is 11.7 Å². The van der Waals surface area contributed by atoms with Gasteiger partial charge in [-0.1, -0.05) is 12.1 Å². The number of piperazine rings is 1. The van der Waals surface area contributed by atoms with E-state index in [2.05, 4.69) is 19.2 Å². The average Bonchev–Trinajstić information content (AvgIpc) is 3.18. The van der Waals surface area contributed by atoms with Gasteiger partial charge in [0.15, 0.2) is 0 Å². The Balaban J connectivity index is 1.83. The summed E-state index contributed by atoms with van der Waals surface area (Å²) in [6, 6.07) is 7.14. The van der Waals surface area contributed by atoms with Crippen molar-refractivity contribution >= 4 is 5.91 Å². The first-order valence-corrected chi connectivity index (χ1v) is 7.33.